The van der Waals surface area contributed by atoms with Crippen molar-refractivity contribution in [1.82, 2.24) is 9.47 Å². The zero-order valence-corrected chi connectivity index (χ0v) is 20.3. The van der Waals surface area contributed by atoms with Crippen molar-refractivity contribution in [2.24, 2.45) is 5.92 Å². The summed E-state index contributed by atoms with van der Waals surface area (Å²) in [6.45, 7) is 3.72. The molecule has 1 amide bonds. The van der Waals surface area contributed by atoms with E-state index in [0.29, 0.717) is 30.8 Å². The fraction of sp³-hybridized carbons (Fsp3) is 0.414. The third-order valence-corrected chi connectivity index (χ3v) is 8.52. The van der Waals surface area contributed by atoms with Crippen molar-refractivity contribution in [3.63, 3.8) is 0 Å². The zero-order valence-electron chi connectivity index (χ0n) is 20.3. The van der Waals surface area contributed by atoms with Crippen LogP contribution in [0.5, 0.6) is 0 Å². The molecule has 0 radical (unpaired) electrons. The van der Waals surface area contributed by atoms with E-state index in [4.69, 9.17) is 8.83 Å². The average Bonchev–Trinajstić information content (AvgIpc) is 3.23. The van der Waals surface area contributed by atoms with Gasteiger partial charge in [0.15, 0.2) is 0 Å². The first kappa shape index (κ1) is 21.7. The number of likely N-dealkylation sites (tertiary alicyclic amines) is 1. The largest absolute Gasteiger partial charge is 0.461 e. The van der Waals surface area contributed by atoms with Crippen molar-refractivity contribution >= 4 is 27.8 Å². The lowest BCUT2D eigenvalue weighted by Crippen LogP contribution is -2.49. The number of carbonyl (C=O) groups excluding carboxylic acids is 1. The minimum atomic E-state index is -0.460. The summed E-state index contributed by atoms with van der Waals surface area (Å²) in [7, 11) is 0. The molecule has 2 bridgehead atoms. The van der Waals surface area contributed by atoms with Crippen LogP contribution in [0.4, 0.5) is 0 Å². The van der Waals surface area contributed by atoms with E-state index in [1.54, 1.807) is 12.1 Å². The highest BCUT2D eigenvalue weighted by Gasteiger charge is 2.36. The Balaban J connectivity index is 1.21. The molecule has 36 heavy (non-hydrogen) atoms. The highest BCUT2D eigenvalue weighted by Crippen LogP contribution is 2.37. The van der Waals surface area contributed by atoms with Crippen LogP contribution < -0.4 is 11.2 Å². The molecule has 0 N–H and O–H groups in total. The Morgan fingerprint density at radius 2 is 1.83 bits per heavy atom. The van der Waals surface area contributed by atoms with Gasteiger partial charge in [-0.25, -0.2) is 4.79 Å². The van der Waals surface area contributed by atoms with Gasteiger partial charge in [0.2, 0.25) is 5.91 Å². The van der Waals surface area contributed by atoms with Gasteiger partial charge in [-0.05, 0) is 56.2 Å². The van der Waals surface area contributed by atoms with Gasteiger partial charge in [0.05, 0.1) is 12.0 Å². The summed E-state index contributed by atoms with van der Waals surface area (Å²) in [5, 5.41) is 1.95. The number of aromatic nitrogens is 1. The average molecular weight is 485 g/mol. The Kier molecular flexibility index (Phi) is 4.78. The first-order valence-electron chi connectivity index (χ1n) is 12.9. The SMILES string of the molecule is Cc1c(CC(=O)N2C[C@H]3C[C@@H](C2)c2cccc(=O)n2C3)c(=O)oc2cc3oc4c(c3cc12)CCCC4. The van der Waals surface area contributed by atoms with E-state index in [9.17, 15) is 14.4 Å². The minimum absolute atomic E-state index is 0.0205. The number of carbonyl (C=O) groups is 1. The van der Waals surface area contributed by atoms with E-state index < -0.39 is 5.63 Å². The highest BCUT2D eigenvalue weighted by atomic mass is 16.4. The van der Waals surface area contributed by atoms with Crippen LogP contribution in [-0.4, -0.2) is 28.5 Å². The lowest BCUT2D eigenvalue weighted by molar-refractivity contribution is -0.133. The molecule has 2 aliphatic heterocycles. The van der Waals surface area contributed by atoms with E-state index in [1.807, 2.05) is 28.5 Å². The van der Waals surface area contributed by atoms with Gasteiger partial charge in [-0.3, -0.25) is 9.59 Å². The molecule has 1 saturated heterocycles. The molecule has 3 aromatic heterocycles. The first-order chi connectivity index (χ1) is 17.5. The Morgan fingerprint density at radius 1 is 1.00 bits per heavy atom. The van der Waals surface area contributed by atoms with Crippen molar-refractivity contribution < 1.29 is 13.6 Å². The molecule has 0 spiro atoms. The van der Waals surface area contributed by atoms with Crippen molar-refractivity contribution in [2.75, 3.05) is 13.1 Å². The number of pyridine rings is 1. The van der Waals surface area contributed by atoms with Crippen LogP contribution in [0, 0.1) is 12.8 Å². The summed E-state index contributed by atoms with van der Waals surface area (Å²) in [5.41, 5.74) is 4.33. The number of amides is 1. The standard InChI is InChI=1S/C29H28N2O5/c1-16-20-10-22-19-5-2-3-7-24(19)35-26(22)12-25(20)36-29(34)21(16)11-28(33)30-13-17-9-18(15-30)23-6-4-8-27(32)31(23)14-17/h4,6,8,10,12,17-18H,2-3,5,7,9,11,13-15H2,1H3/t17-,18+/m1/s1. The third-order valence-electron chi connectivity index (χ3n) is 8.52. The van der Waals surface area contributed by atoms with E-state index in [0.717, 1.165) is 65.5 Å². The highest BCUT2D eigenvalue weighted by molar-refractivity contribution is 5.97. The molecule has 0 unspecified atom stereocenters. The Labute approximate surface area is 207 Å². The topological polar surface area (TPSA) is 85.7 Å². The molecule has 2 atom stereocenters. The second kappa shape index (κ2) is 7.95. The number of fused-ring (bicyclic) bond motifs is 8. The van der Waals surface area contributed by atoms with E-state index in [2.05, 4.69) is 6.07 Å². The second-order valence-corrected chi connectivity index (χ2v) is 10.7. The Bertz CT molecular complexity index is 1670. The fourth-order valence-corrected chi connectivity index (χ4v) is 6.71. The lowest BCUT2D eigenvalue weighted by atomic mass is 9.83. The number of hydrogen-bond acceptors (Lipinski definition) is 5. The lowest BCUT2D eigenvalue weighted by Gasteiger charge is -2.42. The van der Waals surface area contributed by atoms with Gasteiger partial charge in [-0.2, -0.15) is 0 Å². The van der Waals surface area contributed by atoms with E-state index >= 15 is 0 Å². The molecule has 0 saturated carbocycles. The summed E-state index contributed by atoms with van der Waals surface area (Å²) in [6, 6.07) is 9.29. The number of rotatable bonds is 2. The van der Waals surface area contributed by atoms with Gasteiger partial charge in [-0.15, -0.1) is 0 Å². The summed E-state index contributed by atoms with van der Waals surface area (Å²) >= 11 is 0. The van der Waals surface area contributed by atoms with E-state index in [1.165, 1.54) is 5.56 Å². The molecular formula is C29H28N2O5. The molecule has 1 aromatic carbocycles. The second-order valence-electron chi connectivity index (χ2n) is 10.7. The smallest absolute Gasteiger partial charge is 0.340 e. The molecule has 3 aliphatic rings. The van der Waals surface area contributed by atoms with Gasteiger partial charge in [-0.1, -0.05) is 6.07 Å². The summed E-state index contributed by atoms with van der Waals surface area (Å²) in [4.78, 5) is 40.6. The zero-order chi connectivity index (χ0) is 24.6. The van der Waals surface area contributed by atoms with Crippen LogP contribution >= 0.6 is 0 Å². The van der Waals surface area contributed by atoms with Crippen LogP contribution in [0.25, 0.3) is 21.9 Å². The Morgan fingerprint density at radius 3 is 2.72 bits per heavy atom. The molecule has 7 rings (SSSR count). The molecular weight excluding hydrogens is 456 g/mol. The third kappa shape index (κ3) is 3.29. The number of nitrogens with zero attached hydrogens (tertiary/aromatic N) is 2. The normalized spacial score (nSPS) is 21.0. The maximum Gasteiger partial charge on any atom is 0.340 e. The summed E-state index contributed by atoms with van der Waals surface area (Å²) in [5.74, 6) is 1.37. The molecule has 184 valence electrons. The van der Waals surface area contributed by atoms with Crippen molar-refractivity contribution in [3.8, 4) is 0 Å². The molecule has 1 aliphatic carbocycles. The number of furan rings is 1. The predicted octanol–water partition coefficient (Wildman–Crippen LogP) is 4.08. The van der Waals surface area contributed by atoms with Crippen molar-refractivity contribution in [2.45, 2.75) is 57.9 Å². The van der Waals surface area contributed by atoms with Gasteiger partial charge >= 0.3 is 5.63 Å². The van der Waals surface area contributed by atoms with Gasteiger partial charge in [0.1, 0.15) is 16.9 Å². The fourth-order valence-electron chi connectivity index (χ4n) is 6.71. The van der Waals surface area contributed by atoms with Crippen LogP contribution in [0.2, 0.25) is 0 Å². The molecule has 5 heterocycles. The van der Waals surface area contributed by atoms with Gasteiger partial charge in [0, 0.05) is 66.1 Å². The van der Waals surface area contributed by atoms with Gasteiger partial charge < -0.3 is 18.3 Å². The monoisotopic (exact) mass is 484 g/mol. The van der Waals surface area contributed by atoms with Crippen molar-refractivity contribution in [1.29, 1.82) is 0 Å². The minimum Gasteiger partial charge on any atom is -0.461 e. The molecule has 4 aromatic rings. The van der Waals surface area contributed by atoms with Crippen LogP contribution in [0.1, 0.15) is 53.3 Å². The first-order valence-corrected chi connectivity index (χ1v) is 12.9. The van der Waals surface area contributed by atoms with Crippen LogP contribution in [-0.2, 0) is 30.6 Å². The van der Waals surface area contributed by atoms with Gasteiger partial charge in [0.25, 0.3) is 5.56 Å². The maximum atomic E-state index is 13.4. The Hall–Kier alpha value is -3.61. The van der Waals surface area contributed by atoms with E-state index in [-0.39, 0.29) is 29.7 Å². The van der Waals surface area contributed by atoms with Crippen molar-refractivity contribution in [3.05, 3.63) is 79.3 Å². The molecule has 7 heteroatoms. The summed E-state index contributed by atoms with van der Waals surface area (Å²) < 4.78 is 13.6. The number of aryl methyl sites for hydroxylation is 3. The predicted molar refractivity (Wildman–Crippen MR) is 135 cm³/mol. The quantitative estimate of drug-likeness (QED) is 0.400. The van der Waals surface area contributed by atoms with Crippen LogP contribution in [0.15, 0.2) is 48.8 Å². The van der Waals surface area contributed by atoms with Crippen LogP contribution in [0.3, 0.4) is 0 Å². The molecule has 7 nitrogen and oxygen atoms in total. The maximum absolute atomic E-state index is 13.4. The molecule has 1 fully saturated rings. The number of benzene rings is 1. The number of piperidine rings is 1. The number of hydrogen-bond donors (Lipinski definition) is 0. The summed E-state index contributed by atoms with van der Waals surface area (Å²) in [6.07, 6.45) is 5.23.